The van der Waals surface area contributed by atoms with E-state index in [1.807, 2.05) is 0 Å². The number of carbonyl (C=O) groups excluding carboxylic acids is 1. The third kappa shape index (κ3) is 3.47. The molecule has 0 spiro atoms. The molecule has 0 aliphatic rings. The molecule has 0 N–H and O–H groups in total. The Bertz CT molecular complexity index is 79.8. The molecule has 7 heavy (non-hydrogen) atoms. The van der Waals surface area contributed by atoms with Gasteiger partial charge in [-0.1, -0.05) is 15.8 Å². The highest BCUT2D eigenvalue weighted by Crippen LogP contribution is 1.83. The molecule has 0 heterocycles. The van der Waals surface area contributed by atoms with Crippen LogP contribution in [0.2, 0.25) is 0 Å². The van der Waals surface area contributed by atoms with Gasteiger partial charge in [0.2, 0.25) is 0 Å². The van der Waals surface area contributed by atoms with E-state index in [-0.39, 0.29) is 5.97 Å². The van der Waals surface area contributed by atoms with Crippen molar-refractivity contribution in [2.45, 2.75) is 0 Å². The minimum Gasteiger partial charge on any atom is -0.459 e. The van der Waals surface area contributed by atoms with Crippen molar-refractivity contribution in [1.82, 2.24) is 0 Å². The van der Waals surface area contributed by atoms with Gasteiger partial charge in [-0.05, 0) is 0 Å². The third-order valence-electron chi connectivity index (χ3n) is 0.392. The van der Waals surface area contributed by atoms with E-state index in [0.29, 0.717) is 6.35 Å². The van der Waals surface area contributed by atoms with E-state index >= 15 is 0 Å². The minimum atomic E-state index is -0.380. The molecule has 0 saturated heterocycles. The van der Waals surface area contributed by atoms with Crippen molar-refractivity contribution in [3.63, 3.8) is 0 Å². The van der Waals surface area contributed by atoms with E-state index in [1.165, 1.54) is 0 Å². The summed E-state index contributed by atoms with van der Waals surface area (Å²) < 4.78 is 4.40. The molecule has 0 saturated carbocycles. The van der Waals surface area contributed by atoms with E-state index in [2.05, 4.69) is 20.6 Å². The van der Waals surface area contributed by atoms with Crippen LogP contribution in [0.15, 0.2) is 12.7 Å². The van der Waals surface area contributed by atoms with E-state index in [9.17, 15) is 4.79 Å². The molecule has 0 bridgehead atoms. The van der Waals surface area contributed by atoms with Crippen LogP contribution in [0.3, 0.4) is 0 Å². The van der Waals surface area contributed by atoms with Crippen LogP contribution in [0.25, 0.3) is 0 Å². The summed E-state index contributed by atoms with van der Waals surface area (Å²) in [6, 6.07) is 0. The Balaban J connectivity index is 3.17. The van der Waals surface area contributed by atoms with Gasteiger partial charge in [0.05, 0.1) is 0 Å². The molecular formula is C4H7O2P. The molecule has 1 atom stereocenters. The Morgan fingerprint density at radius 3 is 2.71 bits per heavy atom. The summed E-state index contributed by atoms with van der Waals surface area (Å²) in [5, 5.41) is 0. The zero-order valence-electron chi connectivity index (χ0n) is 3.89. The van der Waals surface area contributed by atoms with Gasteiger partial charge >= 0.3 is 5.97 Å². The van der Waals surface area contributed by atoms with Gasteiger partial charge in [-0.2, -0.15) is 0 Å². The molecule has 0 aromatic rings. The summed E-state index contributed by atoms with van der Waals surface area (Å²) in [5.41, 5.74) is 0. The quantitative estimate of drug-likeness (QED) is 0.300. The molecule has 3 heteroatoms. The smallest absolute Gasteiger partial charge is 0.330 e. The van der Waals surface area contributed by atoms with Crippen LogP contribution >= 0.6 is 9.24 Å². The van der Waals surface area contributed by atoms with Gasteiger partial charge < -0.3 is 4.74 Å². The first-order valence-corrected chi connectivity index (χ1v) is 2.62. The van der Waals surface area contributed by atoms with E-state index in [4.69, 9.17) is 0 Å². The van der Waals surface area contributed by atoms with Crippen LogP contribution in [0.4, 0.5) is 0 Å². The fourth-order valence-electron chi connectivity index (χ4n) is 0.141. The molecule has 0 radical (unpaired) electrons. The highest BCUT2D eigenvalue weighted by atomic mass is 31.0. The van der Waals surface area contributed by atoms with Crippen LogP contribution < -0.4 is 0 Å². The lowest BCUT2D eigenvalue weighted by Crippen LogP contribution is -1.95. The fraction of sp³-hybridized carbons (Fsp3) is 0.250. The first-order chi connectivity index (χ1) is 3.31. The molecule has 0 rings (SSSR count). The minimum absolute atomic E-state index is 0.338. The molecule has 40 valence electrons. The molecule has 0 aromatic carbocycles. The van der Waals surface area contributed by atoms with Crippen LogP contribution in [-0.4, -0.2) is 12.3 Å². The van der Waals surface area contributed by atoms with Crippen LogP contribution in [0.1, 0.15) is 0 Å². The zero-order valence-corrected chi connectivity index (χ0v) is 5.04. The van der Waals surface area contributed by atoms with Crippen molar-refractivity contribution in [1.29, 1.82) is 0 Å². The lowest BCUT2D eigenvalue weighted by Gasteiger charge is -1.90. The maximum atomic E-state index is 10.1. The molecule has 1 unspecified atom stereocenters. The number of carbonyl (C=O) groups is 1. The Labute approximate surface area is 44.7 Å². The van der Waals surface area contributed by atoms with Crippen molar-refractivity contribution in [3.8, 4) is 0 Å². The first-order valence-electron chi connectivity index (χ1n) is 1.80. The molecule has 0 aliphatic carbocycles. The van der Waals surface area contributed by atoms with Crippen LogP contribution in [-0.2, 0) is 9.53 Å². The van der Waals surface area contributed by atoms with Crippen LogP contribution in [0.5, 0.6) is 0 Å². The van der Waals surface area contributed by atoms with Crippen molar-refractivity contribution in [3.05, 3.63) is 12.7 Å². The molecule has 2 nitrogen and oxygen atoms in total. The normalized spacial score (nSPS) is 7.57. The maximum Gasteiger partial charge on any atom is 0.330 e. The molecular weight excluding hydrogens is 111 g/mol. The second kappa shape index (κ2) is 3.82. The standard InChI is InChI=1S/C4H7O2P/c1-2-4(5)6-3-7/h2H,1,3,7H2. The van der Waals surface area contributed by atoms with Gasteiger partial charge in [-0.25, -0.2) is 4.79 Å². The Morgan fingerprint density at radius 1 is 2.00 bits per heavy atom. The van der Waals surface area contributed by atoms with Gasteiger partial charge in [0.25, 0.3) is 0 Å². The summed E-state index contributed by atoms with van der Waals surface area (Å²) in [6.45, 7) is 3.20. The average Bonchev–Trinajstić information content (AvgIpc) is 1.68. The van der Waals surface area contributed by atoms with Crippen molar-refractivity contribution >= 4 is 15.2 Å². The van der Waals surface area contributed by atoms with E-state index < -0.39 is 0 Å². The van der Waals surface area contributed by atoms with E-state index in [0.717, 1.165) is 6.08 Å². The zero-order chi connectivity index (χ0) is 5.70. The number of hydrogen-bond acceptors (Lipinski definition) is 2. The topological polar surface area (TPSA) is 26.3 Å². The second-order valence-corrected chi connectivity index (χ2v) is 1.17. The predicted octanol–water partition coefficient (Wildman–Crippen LogP) is 0.548. The van der Waals surface area contributed by atoms with E-state index in [1.54, 1.807) is 0 Å². The third-order valence-corrected chi connectivity index (χ3v) is 0.559. The molecule has 0 aliphatic heterocycles. The first kappa shape index (κ1) is 6.64. The van der Waals surface area contributed by atoms with Crippen LogP contribution in [0, 0.1) is 0 Å². The van der Waals surface area contributed by atoms with Crippen molar-refractivity contribution in [2.24, 2.45) is 0 Å². The SMILES string of the molecule is C=CC(=O)OCP. The summed E-state index contributed by atoms with van der Waals surface area (Å²) >= 11 is 0. The monoisotopic (exact) mass is 118 g/mol. The fourth-order valence-corrected chi connectivity index (χ4v) is 0.305. The number of hydrogen-bond donors (Lipinski definition) is 0. The Morgan fingerprint density at radius 2 is 2.57 bits per heavy atom. The molecule has 0 aromatic heterocycles. The summed E-state index contributed by atoms with van der Waals surface area (Å²) in [7, 11) is 2.26. The second-order valence-electron chi connectivity index (χ2n) is 0.834. The van der Waals surface area contributed by atoms with Crippen molar-refractivity contribution < 1.29 is 9.53 Å². The lowest BCUT2D eigenvalue weighted by atomic mass is 10.7. The highest BCUT2D eigenvalue weighted by molar-refractivity contribution is 7.16. The lowest BCUT2D eigenvalue weighted by molar-refractivity contribution is -0.135. The largest absolute Gasteiger partial charge is 0.459 e. The number of esters is 1. The van der Waals surface area contributed by atoms with Gasteiger partial charge in [-0.3, -0.25) is 0 Å². The molecule has 0 amide bonds. The number of rotatable bonds is 2. The van der Waals surface area contributed by atoms with Gasteiger partial charge in [0.1, 0.15) is 6.35 Å². The number of ether oxygens (including phenoxy) is 1. The van der Waals surface area contributed by atoms with Gasteiger partial charge in [-0.15, -0.1) is 0 Å². The predicted molar refractivity (Wildman–Crippen MR) is 30.9 cm³/mol. The van der Waals surface area contributed by atoms with Gasteiger partial charge in [0.15, 0.2) is 0 Å². The average molecular weight is 118 g/mol. The maximum absolute atomic E-state index is 10.1. The summed E-state index contributed by atoms with van der Waals surface area (Å²) in [6.07, 6.45) is 1.47. The highest BCUT2D eigenvalue weighted by Gasteiger charge is 1.86. The summed E-state index contributed by atoms with van der Waals surface area (Å²) in [5.74, 6) is -0.380. The summed E-state index contributed by atoms with van der Waals surface area (Å²) in [4.78, 5) is 10.1. The van der Waals surface area contributed by atoms with Crippen molar-refractivity contribution in [2.75, 3.05) is 6.35 Å². The van der Waals surface area contributed by atoms with Gasteiger partial charge in [0, 0.05) is 6.08 Å². The Hall–Kier alpha value is -0.360. The molecule has 0 fully saturated rings. The Kier molecular flexibility index (Phi) is 3.62.